The topological polar surface area (TPSA) is 63.1 Å². The van der Waals surface area contributed by atoms with Crippen LogP contribution in [0.25, 0.3) is 0 Å². The van der Waals surface area contributed by atoms with E-state index in [0.29, 0.717) is 18.9 Å². The van der Waals surface area contributed by atoms with Crippen LogP contribution in [0, 0.1) is 5.92 Å². The van der Waals surface area contributed by atoms with E-state index in [0.717, 1.165) is 19.6 Å². The maximum Gasteiger partial charge on any atom is 0.224 e. The summed E-state index contributed by atoms with van der Waals surface area (Å²) in [4.78, 5) is 18.3. The Hall–Kier alpha value is -1.43. The highest BCUT2D eigenvalue weighted by Crippen LogP contribution is 2.16. The first-order valence-corrected chi connectivity index (χ1v) is 7.49. The van der Waals surface area contributed by atoms with Gasteiger partial charge in [0, 0.05) is 19.0 Å². The number of hydrogen-bond donors (Lipinski definition) is 1. The van der Waals surface area contributed by atoms with Gasteiger partial charge in [0.1, 0.15) is 12.7 Å². The van der Waals surface area contributed by atoms with Crippen molar-refractivity contribution in [2.45, 2.75) is 45.7 Å². The third kappa shape index (κ3) is 4.30. The summed E-state index contributed by atoms with van der Waals surface area (Å²) in [5.74, 6) is 0.850. The Morgan fingerprint density at radius 2 is 2.20 bits per heavy atom. The lowest BCUT2D eigenvalue weighted by Gasteiger charge is -2.33. The number of carbonyl (C=O) groups is 1. The van der Waals surface area contributed by atoms with Crippen molar-refractivity contribution in [1.82, 2.24) is 25.0 Å². The van der Waals surface area contributed by atoms with Crippen molar-refractivity contribution in [2.75, 3.05) is 19.6 Å². The molecule has 0 atom stereocenters. The average Bonchev–Trinajstić information content (AvgIpc) is 2.96. The molecular formula is C14H25N5O. The fourth-order valence-electron chi connectivity index (χ4n) is 2.65. The molecule has 0 spiro atoms. The van der Waals surface area contributed by atoms with E-state index in [1.54, 1.807) is 11.0 Å². The molecule has 0 bridgehead atoms. The van der Waals surface area contributed by atoms with Crippen molar-refractivity contribution in [1.29, 1.82) is 0 Å². The second kappa shape index (κ2) is 7.38. The van der Waals surface area contributed by atoms with Gasteiger partial charge in [0.25, 0.3) is 0 Å². The van der Waals surface area contributed by atoms with Gasteiger partial charge in [0.2, 0.25) is 5.91 Å². The SMILES string of the molecule is CC(C)N(CC1CCNCC1)C(=O)CCn1cncn1. The number of nitrogens with one attached hydrogen (secondary N) is 1. The van der Waals surface area contributed by atoms with Crippen LogP contribution in [0.5, 0.6) is 0 Å². The lowest BCUT2D eigenvalue weighted by atomic mass is 9.97. The molecule has 1 aromatic heterocycles. The molecule has 20 heavy (non-hydrogen) atoms. The summed E-state index contributed by atoms with van der Waals surface area (Å²) in [5.41, 5.74) is 0. The minimum Gasteiger partial charge on any atom is -0.340 e. The molecule has 1 amide bonds. The molecule has 6 heteroatoms. The Balaban J connectivity index is 1.84. The van der Waals surface area contributed by atoms with Crippen LogP contribution in [0.15, 0.2) is 12.7 Å². The molecule has 6 nitrogen and oxygen atoms in total. The van der Waals surface area contributed by atoms with Crippen LogP contribution in [0.2, 0.25) is 0 Å². The van der Waals surface area contributed by atoms with E-state index in [1.165, 1.54) is 19.2 Å². The number of aromatic nitrogens is 3. The normalized spacial score (nSPS) is 16.6. The molecule has 0 radical (unpaired) electrons. The van der Waals surface area contributed by atoms with Crippen molar-refractivity contribution in [3.63, 3.8) is 0 Å². The highest BCUT2D eigenvalue weighted by molar-refractivity contribution is 5.76. The molecule has 0 saturated carbocycles. The summed E-state index contributed by atoms with van der Waals surface area (Å²) in [6.45, 7) is 7.82. The zero-order valence-electron chi connectivity index (χ0n) is 12.5. The monoisotopic (exact) mass is 279 g/mol. The van der Waals surface area contributed by atoms with E-state index in [-0.39, 0.29) is 11.9 Å². The van der Waals surface area contributed by atoms with E-state index in [9.17, 15) is 4.79 Å². The van der Waals surface area contributed by atoms with Crippen molar-refractivity contribution in [2.24, 2.45) is 5.92 Å². The summed E-state index contributed by atoms with van der Waals surface area (Å²) in [5, 5.41) is 7.40. The van der Waals surface area contributed by atoms with Crippen LogP contribution < -0.4 is 5.32 Å². The zero-order chi connectivity index (χ0) is 14.4. The molecule has 0 aromatic carbocycles. The third-order valence-electron chi connectivity index (χ3n) is 3.88. The Bertz CT molecular complexity index is 398. The van der Waals surface area contributed by atoms with Crippen LogP contribution >= 0.6 is 0 Å². The van der Waals surface area contributed by atoms with E-state index in [2.05, 4.69) is 29.2 Å². The van der Waals surface area contributed by atoms with Crippen LogP contribution in [-0.2, 0) is 11.3 Å². The Morgan fingerprint density at radius 1 is 1.45 bits per heavy atom. The first kappa shape index (κ1) is 15.0. The molecule has 112 valence electrons. The second-order valence-electron chi connectivity index (χ2n) is 5.74. The third-order valence-corrected chi connectivity index (χ3v) is 3.88. The first-order chi connectivity index (χ1) is 9.66. The Morgan fingerprint density at radius 3 is 2.80 bits per heavy atom. The van der Waals surface area contributed by atoms with Crippen molar-refractivity contribution >= 4 is 5.91 Å². The summed E-state index contributed by atoms with van der Waals surface area (Å²) in [6, 6.07) is 0.258. The largest absolute Gasteiger partial charge is 0.340 e. The number of amides is 1. The molecule has 1 aliphatic rings. The summed E-state index contributed by atoms with van der Waals surface area (Å²) in [7, 11) is 0. The molecule has 0 unspecified atom stereocenters. The van der Waals surface area contributed by atoms with Gasteiger partial charge in [0.05, 0.1) is 6.54 Å². The maximum absolute atomic E-state index is 12.4. The molecule has 1 saturated heterocycles. The molecule has 1 aromatic rings. The summed E-state index contributed by atoms with van der Waals surface area (Å²) >= 11 is 0. The van der Waals surface area contributed by atoms with E-state index in [4.69, 9.17) is 0 Å². The van der Waals surface area contributed by atoms with Gasteiger partial charge in [-0.2, -0.15) is 5.10 Å². The van der Waals surface area contributed by atoms with Crippen LogP contribution in [0.4, 0.5) is 0 Å². The Labute approximate surface area is 120 Å². The number of piperidine rings is 1. The van der Waals surface area contributed by atoms with Crippen LogP contribution in [0.1, 0.15) is 33.1 Å². The van der Waals surface area contributed by atoms with Gasteiger partial charge >= 0.3 is 0 Å². The first-order valence-electron chi connectivity index (χ1n) is 7.49. The minimum absolute atomic E-state index is 0.217. The quantitative estimate of drug-likeness (QED) is 0.840. The molecule has 2 heterocycles. The Kier molecular flexibility index (Phi) is 5.52. The van der Waals surface area contributed by atoms with Gasteiger partial charge in [0.15, 0.2) is 0 Å². The summed E-state index contributed by atoms with van der Waals surface area (Å²) < 4.78 is 1.71. The van der Waals surface area contributed by atoms with Gasteiger partial charge < -0.3 is 10.2 Å². The van der Waals surface area contributed by atoms with Gasteiger partial charge in [-0.25, -0.2) is 4.98 Å². The van der Waals surface area contributed by atoms with Gasteiger partial charge in [-0.1, -0.05) is 0 Å². The van der Waals surface area contributed by atoms with Crippen molar-refractivity contribution in [3.05, 3.63) is 12.7 Å². The van der Waals surface area contributed by atoms with Gasteiger partial charge in [-0.05, 0) is 45.7 Å². The highest BCUT2D eigenvalue weighted by Gasteiger charge is 2.22. The van der Waals surface area contributed by atoms with Gasteiger partial charge in [-0.15, -0.1) is 0 Å². The van der Waals surface area contributed by atoms with Crippen molar-refractivity contribution in [3.8, 4) is 0 Å². The number of carbonyl (C=O) groups excluding carboxylic acids is 1. The number of rotatable bonds is 6. The highest BCUT2D eigenvalue weighted by atomic mass is 16.2. The van der Waals surface area contributed by atoms with Gasteiger partial charge in [-0.3, -0.25) is 9.48 Å². The standard InChI is InChI=1S/C14H25N5O/c1-12(2)19(9-13-3-6-15-7-4-13)14(20)5-8-18-11-16-10-17-18/h10-13,15H,3-9H2,1-2H3. The summed E-state index contributed by atoms with van der Waals surface area (Å²) in [6.07, 6.45) is 5.98. The predicted octanol–water partition coefficient (Wildman–Crippen LogP) is 0.905. The van der Waals surface area contributed by atoms with Crippen molar-refractivity contribution < 1.29 is 4.79 Å². The lowest BCUT2D eigenvalue weighted by Crippen LogP contribution is -2.43. The average molecular weight is 279 g/mol. The molecule has 2 rings (SSSR count). The molecule has 1 fully saturated rings. The zero-order valence-corrected chi connectivity index (χ0v) is 12.5. The maximum atomic E-state index is 12.4. The molecular weight excluding hydrogens is 254 g/mol. The predicted molar refractivity (Wildman–Crippen MR) is 77.1 cm³/mol. The molecule has 1 N–H and O–H groups in total. The molecule has 1 aliphatic heterocycles. The second-order valence-corrected chi connectivity index (χ2v) is 5.74. The number of nitrogens with zero attached hydrogens (tertiary/aromatic N) is 4. The van der Waals surface area contributed by atoms with E-state index in [1.807, 2.05) is 4.90 Å². The smallest absolute Gasteiger partial charge is 0.224 e. The lowest BCUT2D eigenvalue weighted by molar-refractivity contribution is -0.134. The van der Waals surface area contributed by atoms with Crippen LogP contribution in [0.3, 0.4) is 0 Å². The molecule has 0 aliphatic carbocycles. The van der Waals surface area contributed by atoms with E-state index < -0.39 is 0 Å². The van der Waals surface area contributed by atoms with E-state index >= 15 is 0 Å². The van der Waals surface area contributed by atoms with Crippen LogP contribution in [-0.4, -0.2) is 51.2 Å². The number of hydrogen-bond acceptors (Lipinski definition) is 4. The minimum atomic E-state index is 0.217. The fraction of sp³-hybridized carbons (Fsp3) is 0.786. The number of aryl methyl sites for hydroxylation is 1. The fourth-order valence-corrected chi connectivity index (χ4v) is 2.65.